The zero-order chi connectivity index (χ0) is 11.0. The van der Waals surface area contributed by atoms with Crippen molar-refractivity contribution in [3.63, 3.8) is 0 Å². The van der Waals surface area contributed by atoms with Crippen molar-refractivity contribution in [1.29, 1.82) is 0 Å². The lowest BCUT2D eigenvalue weighted by molar-refractivity contribution is -0.397. The number of ether oxygens (including phenoxy) is 2. The first kappa shape index (κ1) is 9.60. The minimum Gasteiger partial charge on any atom is -0.349 e. The summed E-state index contributed by atoms with van der Waals surface area (Å²) in [4.78, 5) is 12.4. The first-order chi connectivity index (χ1) is 7.67. The van der Waals surface area contributed by atoms with Gasteiger partial charge in [0.15, 0.2) is 12.1 Å². The van der Waals surface area contributed by atoms with Crippen LogP contribution in [0.2, 0.25) is 0 Å². The average Bonchev–Trinajstić information content (AvgIpc) is 2.22. The molecule has 5 bridgehead atoms. The molecular formula is C13H18O3. The molecule has 0 radical (unpaired) electrons. The molecule has 16 heavy (non-hydrogen) atoms. The molecule has 0 aromatic heterocycles. The van der Waals surface area contributed by atoms with Gasteiger partial charge in [0.1, 0.15) is 5.60 Å². The average molecular weight is 222 g/mol. The number of hydrogen-bond donors (Lipinski definition) is 0. The van der Waals surface area contributed by atoms with E-state index in [1.165, 1.54) is 0 Å². The van der Waals surface area contributed by atoms with Crippen LogP contribution < -0.4 is 0 Å². The molecule has 3 saturated heterocycles. The Balaban J connectivity index is 1.92. The molecule has 3 heteroatoms. The van der Waals surface area contributed by atoms with Crippen molar-refractivity contribution in [2.75, 3.05) is 0 Å². The first-order valence-corrected chi connectivity index (χ1v) is 6.53. The summed E-state index contributed by atoms with van der Waals surface area (Å²) in [5, 5.41) is 0. The summed E-state index contributed by atoms with van der Waals surface area (Å²) in [6, 6.07) is 0. The molecule has 0 aromatic rings. The van der Waals surface area contributed by atoms with Gasteiger partial charge in [-0.3, -0.25) is 4.79 Å². The molecular weight excluding hydrogens is 204 g/mol. The molecule has 3 heterocycles. The van der Waals surface area contributed by atoms with E-state index < -0.39 is 5.60 Å². The van der Waals surface area contributed by atoms with Crippen LogP contribution in [0.4, 0.5) is 0 Å². The highest BCUT2D eigenvalue weighted by atomic mass is 16.7. The summed E-state index contributed by atoms with van der Waals surface area (Å²) in [6.45, 7) is 2.24. The molecule has 2 saturated carbocycles. The fraction of sp³-hybridized carbons (Fsp3) is 0.923. The number of rotatable bonds is 0. The van der Waals surface area contributed by atoms with Gasteiger partial charge in [0.25, 0.3) is 0 Å². The number of carbonyl (C=O) groups excluding carboxylic acids is 1. The normalized spacial score (nSPS) is 58.8. The van der Waals surface area contributed by atoms with Crippen LogP contribution in [0.1, 0.15) is 45.4 Å². The maximum absolute atomic E-state index is 12.4. The molecule has 5 rings (SSSR count). The maximum Gasteiger partial charge on any atom is 0.165 e. The predicted molar refractivity (Wildman–Crippen MR) is 56.8 cm³/mol. The summed E-state index contributed by atoms with van der Waals surface area (Å²) in [5.41, 5.74) is -0.505. The minimum atomic E-state index is -0.472. The van der Waals surface area contributed by atoms with Crippen molar-refractivity contribution in [1.82, 2.24) is 0 Å². The first-order valence-electron chi connectivity index (χ1n) is 6.53. The summed E-state index contributed by atoms with van der Waals surface area (Å²) < 4.78 is 12.0. The van der Waals surface area contributed by atoms with Crippen molar-refractivity contribution in [3.05, 3.63) is 0 Å². The van der Waals surface area contributed by atoms with E-state index >= 15 is 0 Å². The van der Waals surface area contributed by atoms with Crippen LogP contribution in [-0.4, -0.2) is 23.8 Å². The van der Waals surface area contributed by atoms with E-state index in [4.69, 9.17) is 9.47 Å². The van der Waals surface area contributed by atoms with E-state index in [9.17, 15) is 4.79 Å². The Morgan fingerprint density at radius 1 is 1.38 bits per heavy atom. The third kappa shape index (κ3) is 0.809. The summed E-state index contributed by atoms with van der Waals surface area (Å²) in [6.07, 6.45) is 6.06. The second-order valence-electron chi connectivity index (χ2n) is 6.07. The molecule has 0 unspecified atom stereocenters. The topological polar surface area (TPSA) is 35.5 Å². The van der Waals surface area contributed by atoms with Crippen LogP contribution >= 0.6 is 0 Å². The fourth-order valence-corrected chi connectivity index (χ4v) is 4.80. The Morgan fingerprint density at radius 2 is 2.25 bits per heavy atom. The van der Waals surface area contributed by atoms with E-state index in [0.29, 0.717) is 11.7 Å². The number of hydrogen-bond acceptors (Lipinski definition) is 3. The van der Waals surface area contributed by atoms with Crippen molar-refractivity contribution >= 4 is 5.78 Å². The largest absolute Gasteiger partial charge is 0.349 e. The van der Waals surface area contributed by atoms with E-state index in [1.54, 1.807) is 0 Å². The SMILES string of the molecule is C[C@@]12[C@H]3CCC(=O)[C@@]14CCC[C@@H]2O[C@@H](C3)O4. The van der Waals surface area contributed by atoms with E-state index in [-0.39, 0.29) is 17.8 Å². The molecule has 0 spiro atoms. The monoisotopic (exact) mass is 222 g/mol. The smallest absolute Gasteiger partial charge is 0.165 e. The van der Waals surface area contributed by atoms with Gasteiger partial charge in [0.05, 0.1) is 6.10 Å². The summed E-state index contributed by atoms with van der Waals surface area (Å²) in [5.74, 6) is 0.993. The predicted octanol–water partition coefficient (Wildman–Crippen LogP) is 2.04. The molecule has 5 aliphatic rings. The Labute approximate surface area is 95.5 Å². The highest BCUT2D eigenvalue weighted by Crippen LogP contribution is 2.64. The lowest BCUT2D eigenvalue weighted by Gasteiger charge is -2.68. The Morgan fingerprint density at radius 3 is 3.06 bits per heavy atom. The Bertz CT molecular complexity index is 356. The van der Waals surface area contributed by atoms with E-state index in [1.807, 2.05) is 0 Å². The highest BCUT2D eigenvalue weighted by Gasteiger charge is 2.71. The second-order valence-corrected chi connectivity index (χ2v) is 6.07. The van der Waals surface area contributed by atoms with Gasteiger partial charge in [-0.1, -0.05) is 6.92 Å². The molecule has 5 fully saturated rings. The third-order valence-corrected chi connectivity index (χ3v) is 5.68. The standard InChI is InChI=1S/C13H18O3/c1-12-8-4-5-9(14)13(12)6-2-3-10(12)15-11(7-8)16-13/h8,10-11H,2-7H2,1H3/t8-,10-,11+,12-,13-/m0/s1. The van der Waals surface area contributed by atoms with Gasteiger partial charge < -0.3 is 9.47 Å². The van der Waals surface area contributed by atoms with Gasteiger partial charge in [-0.05, 0) is 31.6 Å². The Hall–Kier alpha value is -0.410. The van der Waals surface area contributed by atoms with Crippen LogP contribution in [0.3, 0.4) is 0 Å². The van der Waals surface area contributed by atoms with Crippen LogP contribution in [0.15, 0.2) is 0 Å². The molecule has 0 N–H and O–H groups in total. The molecule has 0 amide bonds. The third-order valence-electron chi connectivity index (χ3n) is 5.68. The van der Waals surface area contributed by atoms with Crippen molar-refractivity contribution < 1.29 is 14.3 Å². The van der Waals surface area contributed by atoms with Crippen LogP contribution in [0.25, 0.3) is 0 Å². The van der Waals surface area contributed by atoms with E-state index in [2.05, 4.69) is 6.92 Å². The number of ketones is 1. The molecule has 2 aliphatic carbocycles. The minimum absolute atomic E-state index is 0.0324. The summed E-state index contributed by atoms with van der Waals surface area (Å²) >= 11 is 0. The fourth-order valence-electron chi connectivity index (χ4n) is 4.80. The van der Waals surface area contributed by atoms with Crippen LogP contribution in [0.5, 0.6) is 0 Å². The van der Waals surface area contributed by atoms with E-state index in [0.717, 1.165) is 38.5 Å². The highest BCUT2D eigenvalue weighted by molar-refractivity contribution is 5.90. The number of Topliss-reactive ketones (excluding diaryl/α,β-unsaturated/α-hetero) is 1. The van der Waals surface area contributed by atoms with Gasteiger partial charge in [0, 0.05) is 18.3 Å². The molecule has 88 valence electrons. The molecule has 0 aromatic carbocycles. The number of carbonyl (C=O) groups is 1. The second kappa shape index (κ2) is 2.70. The molecule has 5 atom stereocenters. The van der Waals surface area contributed by atoms with Gasteiger partial charge in [0.2, 0.25) is 0 Å². The van der Waals surface area contributed by atoms with Crippen LogP contribution in [0, 0.1) is 11.3 Å². The van der Waals surface area contributed by atoms with Crippen molar-refractivity contribution in [3.8, 4) is 0 Å². The van der Waals surface area contributed by atoms with Crippen LogP contribution in [-0.2, 0) is 14.3 Å². The quantitative estimate of drug-likeness (QED) is 0.629. The zero-order valence-electron chi connectivity index (χ0n) is 9.70. The molecule has 3 nitrogen and oxygen atoms in total. The lowest BCUT2D eigenvalue weighted by atomic mass is 9.48. The zero-order valence-corrected chi connectivity index (χ0v) is 9.70. The Kier molecular flexibility index (Phi) is 1.62. The van der Waals surface area contributed by atoms with Gasteiger partial charge >= 0.3 is 0 Å². The maximum atomic E-state index is 12.4. The van der Waals surface area contributed by atoms with Gasteiger partial charge in [-0.25, -0.2) is 0 Å². The van der Waals surface area contributed by atoms with Crippen molar-refractivity contribution in [2.24, 2.45) is 11.3 Å². The summed E-state index contributed by atoms with van der Waals surface area (Å²) in [7, 11) is 0. The van der Waals surface area contributed by atoms with Crippen molar-refractivity contribution in [2.45, 2.75) is 63.4 Å². The van der Waals surface area contributed by atoms with Gasteiger partial charge in [-0.2, -0.15) is 0 Å². The molecule has 3 aliphatic heterocycles. The lowest BCUT2D eigenvalue weighted by Crippen LogP contribution is -2.75. The van der Waals surface area contributed by atoms with Gasteiger partial charge in [-0.15, -0.1) is 0 Å².